The molecule has 0 aliphatic carbocycles. The van der Waals surface area contributed by atoms with Gasteiger partial charge in [0, 0.05) is 13.0 Å². The number of nitrogens with zero attached hydrogens (tertiary/aromatic N) is 2. The average molecular weight is 243 g/mol. The van der Waals surface area contributed by atoms with Crippen LogP contribution in [0.1, 0.15) is 33.1 Å². The molecule has 0 unspecified atom stereocenters. The van der Waals surface area contributed by atoms with Crippen LogP contribution < -0.4 is 5.32 Å². The number of anilines is 1. The van der Waals surface area contributed by atoms with Gasteiger partial charge in [-0.3, -0.25) is 4.79 Å². The molecule has 0 amide bonds. The first kappa shape index (κ1) is 12.9. The largest absolute Gasteiger partial charge is 0.481 e. The minimum Gasteiger partial charge on any atom is -0.481 e. The standard InChI is InChI=1S/C10H17N3O2S/c1-10(2,4-3-8(14)15)5-6-11-9-13-12-7-16-9/h7H,3-6H2,1-2H3,(H,11,13)(H,14,15). The first-order valence-corrected chi connectivity index (χ1v) is 6.09. The Bertz CT molecular complexity index is 325. The first-order valence-electron chi connectivity index (χ1n) is 5.21. The van der Waals surface area contributed by atoms with Crippen molar-refractivity contribution in [2.24, 2.45) is 5.41 Å². The van der Waals surface area contributed by atoms with E-state index in [1.165, 1.54) is 11.3 Å². The summed E-state index contributed by atoms with van der Waals surface area (Å²) in [5, 5.41) is 20.2. The third-order valence-corrected chi connectivity index (χ3v) is 3.10. The topological polar surface area (TPSA) is 75.1 Å². The summed E-state index contributed by atoms with van der Waals surface area (Å²) >= 11 is 1.46. The van der Waals surface area contributed by atoms with Crippen molar-refractivity contribution in [3.63, 3.8) is 0 Å². The van der Waals surface area contributed by atoms with Crippen LogP contribution >= 0.6 is 11.3 Å². The maximum atomic E-state index is 10.5. The molecule has 16 heavy (non-hydrogen) atoms. The van der Waals surface area contributed by atoms with Gasteiger partial charge in [0.05, 0.1) is 0 Å². The Morgan fingerprint density at radius 2 is 2.31 bits per heavy atom. The zero-order valence-electron chi connectivity index (χ0n) is 9.56. The molecule has 1 aromatic heterocycles. The van der Waals surface area contributed by atoms with E-state index >= 15 is 0 Å². The molecule has 0 spiro atoms. The molecule has 5 nitrogen and oxygen atoms in total. The van der Waals surface area contributed by atoms with E-state index in [1.807, 2.05) is 0 Å². The second-order valence-electron chi connectivity index (χ2n) is 4.48. The molecule has 0 saturated carbocycles. The van der Waals surface area contributed by atoms with E-state index in [-0.39, 0.29) is 11.8 Å². The fourth-order valence-electron chi connectivity index (χ4n) is 1.33. The van der Waals surface area contributed by atoms with Crippen molar-refractivity contribution in [3.8, 4) is 0 Å². The lowest BCUT2D eigenvalue weighted by atomic mass is 9.84. The van der Waals surface area contributed by atoms with Gasteiger partial charge in [-0.2, -0.15) is 0 Å². The highest BCUT2D eigenvalue weighted by Crippen LogP contribution is 2.26. The Labute approximate surface area is 98.9 Å². The molecule has 1 rings (SSSR count). The number of hydrogen-bond donors (Lipinski definition) is 2. The van der Waals surface area contributed by atoms with Gasteiger partial charge in [-0.15, -0.1) is 10.2 Å². The highest BCUT2D eigenvalue weighted by Gasteiger charge is 2.18. The van der Waals surface area contributed by atoms with Gasteiger partial charge in [0.25, 0.3) is 0 Å². The minimum absolute atomic E-state index is 0.0378. The van der Waals surface area contributed by atoms with E-state index in [9.17, 15) is 4.79 Å². The van der Waals surface area contributed by atoms with Gasteiger partial charge in [-0.1, -0.05) is 25.2 Å². The normalized spacial score (nSPS) is 11.4. The fraction of sp³-hybridized carbons (Fsp3) is 0.700. The van der Waals surface area contributed by atoms with Crippen molar-refractivity contribution in [1.82, 2.24) is 10.2 Å². The number of hydrogen-bond acceptors (Lipinski definition) is 5. The zero-order chi connectivity index (χ0) is 12.0. The third-order valence-electron chi connectivity index (χ3n) is 2.45. The summed E-state index contributed by atoms with van der Waals surface area (Å²) in [6.45, 7) is 4.96. The summed E-state index contributed by atoms with van der Waals surface area (Å²) in [5.41, 5.74) is 1.72. The third kappa shape index (κ3) is 5.06. The molecule has 90 valence electrons. The number of aromatic nitrogens is 2. The molecule has 0 aromatic carbocycles. The second-order valence-corrected chi connectivity index (χ2v) is 5.31. The number of carbonyl (C=O) groups is 1. The molecular formula is C10H17N3O2S. The van der Waals surface area contributed by atoms with Crippen LogP contribution in [0.15, 0.2) is 5.51 Å². The summed E-state index contributed by atoms with van der Waals surface area (Å²) in [4.78, 5) is 10.5. The highest BCUT2D eigenvalue weighted by molar-refractivity contribution is 7.13. The maximum absolute atomic E-state index is 10.5. The molecule has 0 saturated heterocycles. The van der Waals surface area contributed by atoms with E-state index in [0.717, 1.165) is 18.1 Å². The first-order chi connectivity index (χ1) is 7.49. The van der Waals surface area contributed by atoms with Crippen LogP contribution in [0.3, 0.4) is 0 Å². The summed E-state index contributed by atoms with van der Waals surface area (Å²) in [5.74, 6) is -0.731. The second kappa shape index (κ2) is 5.79. The van der Waals surface area contributed by atoms with Gasteiger partial charge in [0.15, 0.2) is 0 Å². The fourth-order valence-corrected chi connectivity index (χ4v) is 1.80. The average Bonchev–Trinajstić information content (AvgIpc) is 2.68. The Morgan fingerprint density at radius 1 is 1.56 bits per heavy atom. The molecule has 0 fully saturated rings. The monoisotopic (exact) mass is 243 g/mol. The molecule has 1 heterocycles. The number of rotatable bonds is 7. The lowest BCUT2D eigenvalue weighted by Crippen LogP contribution is -2.18. The van der Waals surface area contributed by atoms with Gasteiger partial charge in [-0.25, -0.2) is 0 Å². The van der Waals surface area contributed by atoms with E-state index in [4.69, 9.17) is 5.11 Å². The van der Waals surface area contributed by atoms with Gasteiger partial charge in [0.1, 0.15) is 5.51 Å². The van der Waals surface area contributed by atoms with Gasteiger partial charge in [0.2, 0.25) is 5.13 Å². The predicted octanol–water partition coefficient (Wildman–Crippen LogP) is 2.23. The van der Waals surface area contributed by atoms with Crippen LogP contribution in [0.25, 0.3) is 0 Å². The number of carboxylic acid groups (broad SMARTS) is 1. The van der Waals surface area contributed by atoms with Crippen molar-refractivity contribution in [3.05, 3.63) is 5.51 Å². The molecule has 6 heteroatoms. The van der Waals surface area contributed by atoms with E-state index in [1.54, 1.807) is 5.51 Å². The smallest absolute Gasteiger partial charge is 0.303 e. The SMILES string of the molecule is CC(C)(CCNc1nncs1)CCC(=O)O. The van der Waals surface area contributed by atoms with Gasteiger partial charge >= 0.3 is 5.97 Å². The number of aliphatic carboxylic acids is 1. The van der Waals surface area contributed by atoms with Crippen molar-refractivity contribution in [2.45, 2.75) is 33.1 Å². The number of carboxylic acids is 1. The molecule has 0 aliphatic rings. The Hall–Kier alpha value is -1.17. The van der Waals surface area contributed by atoms with Crippen LogP contribution in [-0.2, 0) is 4.79 Å². The minimum atomic E-state index is -0.731. The van der Waals surface area contributed by atoms with E-state index < -0.39 is 5.97 Å². The van der Waals surface area contributed by atoms with Gasteiger partial charge in [-0.05, 0) is 18.3 Å². The lowest BCUT2D eigenvalue weighted by Gasteiger charge is -2.23. The quantitative estimate of drug-likeness (QED) is 0.768. The van der Waals surface area contributed by atoms with Crippen molar-refractivity contribution in [1.29, 1.82) is 0 Å². The van der Waals surface area contributed by atoms with Crippen molar-refractivity contribution < 1.29 is 9.90 Å². The highest BCUT2D eigenvalue weighted by atomic mass is 32.1. The van der Waals surface area contributed by atoms with Crippen molar-refractivity contribution >= 4 is 22.4 Å². The molecular weight excluding hydrogens is 226 g/mol. The maximum Gasteiger partial charge on any atom is 0.303 e. The van der Waals surface area contributed by atoms with Crippen LogP contribution in [0, 0.1) is 5.41 Å². The Balaban J connectivity index is 2.22. The lowest BCUT2D eigenvalue weighted by molar-refractivity contribution is -0.137. The molecule has 0 bridgehead atoms. The summed E-state index contributed by atoms with van der Waals surface area (Å²) in [7, 11) is 0. The van der Waals surface area contributed by atoms with Crippen LogP contribution in [-0.4, -0.2) is 27.8 Å². The van der Waals surface area contributed by atoms with Crippen LogP contribution in [0.5, 0.6) is 0 Å². The predicted molar refractivity (Wildman–Crippen MR) is 63.7 cm³/mol. The van der Waals surface area contributed by atoms with Crippen LogP contribution in [0.4, 0.5) is 5.13 Å². The van der Waals surface area contributed by atoms with Crippen molar-refractivity contribution in [2.75, 3.05) is 11.9 Å². The summed E-state index contributed by atoms with van der Waals surface area (Å²) in [6.07, 6.45) is 1.84. The molecule has 0 aliphatic heterocycles. The Morgan fingerprint density at radius 3 is 2.88 bits per heavy atom. The van der Waals surface area contributed by atoms with E-state index in [2.05, 4.69) is 29.4 Å². The van der Waals surface area contributed by atoms with Crippen LogP contribution in [0.2, 0.25) is 0 Å². The molecule has 0 atom stereocenters. The molecule has 2 N–H and O–H groups in total. The number of nitrogens with one attached hydrogen (secondary N) is 1. The summed E-state index contributed by atoms with van der Waals surface area (Å²) < 4.78 is 0. The molecule has 1 aromatic rings. The Kier molecular flexibility index (Phi) is 4.67. The zero-order valence-corrected chi connectivity index (χ0v) is 10.4. The summed E-state index contributed by atoms with van der Waals surface area (Å²) in [6, 6.07) is 0. The van der Waals surface area contributed by atoms with Gasteiger partial charge < -0.3 is 10.4 Å². The van der Waals surface area contributed by atoms with E-state index in [0.29, 0.717) is 6.42 Å². The molecule has 0 radical (unpaired) electrons.